The van der Waals surface area contributed by atoms with Crippen LogP contribution in [0.2, 0.25) is 0 Å². The van der Waals surface area contributed by atoms with Gasteiger partial charge in [0.15, 0.2) is 5.84 Å². The molecule has 0 radical (unpaired) electrons. The molecular weight excluding hydrogens is 244 g/mol. The molecule has 5 nitrogen and oxygen atoms in total. The molecule has 4 N–H and O–H groups in total. The van der Waals surface area contributed by atoms with Crippen LogP contribution in [0.3, 0.4) is 0 Å². The molecule has 0 saturated heterocycles. The second-order valence-corrected chi connectivity index (χ2v) is 3.80. The summed E-state index contributed by atoms with van der Waals surface area (Å²) >= 11 is 0. The molecule has 1 amide bonds. The van der Waals surface area contributed by atoms with E-state index in [-0.39, 0.29) is 17.0 Å². The molecule has 0 aromatic heterocycles. The number of nitrogens with zero attached hydrogens (tertiary/aromatic N) is 1. The Morgan fingerprint density at radius 2 is 2.06 bits per heavy atom. The number of amidine groups is 1. The van der Waals surface area contributed by atoms with Gasteiger partial charge in [0.05, 0.1) is 11.6 Å². The van der Waals surface area contributed by atoms with Crippen LogP contribution >= 0.6 is 0 Å². The van der Waals surface area contributed by atoms with Crippen LogP contribution in [0.25, 0.3) is 0 Å². The van der Waals surface area contributed by atoms with Crippen LogP contribution in [0, 0.1) is 18.6 Å². The van der Waals surface area contributed by atoms with E-state index in [1.807, 2.05) is 0 Å². The fourth-order valence-electron chi connectivity index (χ4n) is 1.27. The molecule has 98 valence electrons. The number of rotatable bonds is 3. The SMILES string of the molecule is Cc1cc(C(=O)NC(C)/C(N)=N/O)c(F)cc1F. The zero-order valence-corrected chi connectivity index (χ0v) is 9.87. The molecule has 7 heteroatoms. The molecule has 1 unspecified atom stereocenters. The first-order chi connectivity index (χ1) is 8.36. The first kappa shape index (κ1) is 13.9. The lowest BCUT2D eigenvalue weighted by atomic mass is 10.1. The van der Waals surface area contributed by atoms with Gasteiger partial charge in [0, 0.05) is 6.07 Å². The summed E-state index contributed by atoms with van der Waals surface area (Å²) in [6, 6.07) is 0.962. The second kappa shape index (κ2) is 5.44. The van der Waals surface area contributed by atoms with E-state index in [0.29, 0.717) is 6.07 Å². The number of nitrogens with two attached hydrogens (primary N) is 1. The third-order valence-corrected chi connectivity index (χ3v) is 2.40. The van der Waals surface area contributed by atoms with Gasteiger partial charge in [-0.1, -0.05) is 5.16 Å². The van der Waals surface area contributed by atoms with Crippen molar-refractivity contribution >= 4 is 11.7 Å². The van der Waals surface area contributed by atoms with E-state index in [0.717, 1.165) is 6.07 Å². The van der Waals surface area contributed by atoms with E-state index in [9.17, 15) is 13.6 Å². The van der Waals surface area contributed by atoms with E-state index in [1.54, 1.807) is 0 Å². The normalized spacial score (nSPS) is 13.2. The van der Waals surface area contributed by atoms with Gasteiger partial charge in [-0.2, -0.15) is 0 Å². The molecule has 0 bridgehead atoms. The Bertz CT molecular complexity index is 503. The second-order valence-electron chi connectivity index (χ2n) is 3.80. The van der Waals surface area contributed by atoms with Crippen LogP contribution in [-0.2, 0) is 0 Å². The predicted octanol–water partition coefficient (Wildman–Crippen LogP) is 1.14. The molecule has 1 rings (SSSR count). The number of benzene rings is 1. The van der Waals surface area contributed by atoms with E-state index in [2.05, 4.69) is 10.5 Å². The molecule has 1 aromatic carbocycles. The summed E-state index contributed by atoms with van der Waals surface area (Å²) in [7, 11) is 0. The molecule has 1 aromatic rings. The van der Waals surface area contributed by atoms with E-state index < -0.39 is 23.6 Å². The number of amides is 1. The van der Waals surface area contributed by atoms with Gasteiger partial charge in [-0.15, -0.1) is 0 Å². The molecule has 0 heterocycles. The van der Waals surface area contributed by atoms with Gasteiger partial charge in [-0.25, -0.2) is 8.78 Å². The van der Waals surface area contributed by atoms with Crippen LogP contribution in [-0.4, -0.2) is 23.0 Å². The molecule has 18 heavy (non-hydrogen) atoms. The van der Waals surface area contributed by atoms with Crippen molar-refractivity contribution in [3.63, 3.8) is 0 Å². The first-order valence-corrected chi connectivity index (χ1v) is 5.10. The lowest BCUT2D eigenvalue weighted by Gasteiger charge is -2.13. The van der Waals surface area contributed by atoms with Gasteiger partial charge in [-0.3, -0.25) is 4.79 Å². The highest BCUT2D eigenvalue weighted by Crippen LogP contribution is 2.14. The fourth-order valence-corrected chi connectivity index (χ4v) is 1.27. The molecule has 0 saturated carbocycles. The molecular formula is C11H13F2N3O2. The maximum absolute atomic E-state index is 13.4. The van der Waals surface area contributed by atoms with Gasteiger partial charge >= 0.3 is 0 Å². The summed E-state index contributed by atoms with van der Waals surface area (Å²) in [5.41, 5.74) is 5.12. The van der Waals surface area contributed by atoms with Gasteiger partial charge in [-0.05, 0) is 25.5 Å². The van der Waals surface area contributed by atoms with E-state index >= 15 is 0 Å². The summed E-state index contributed by atoms with van der Waals surface area (Å²) in [6.45, 7) is 2.87. The van der Waals surface area contributed by atoms with Crippen LogP contribution in [0.15, 0.2) is 17.3 Å². The Balaban J connectivity index is 2.95. The standard InChI is InChI=1S/C11H13F2N3O2/c1-5-3-7(9(13)4-8(5)12)11(17)15-6(2)10(14)16-18/h3-4,6,18H,1-2H3,(H2,14,16)(H,15,17). The number of carbonyl (C=O) groups is 1. The zero-order valence-electron chi connectivity index (χ0n) is 9.87. The number of carbonyl (C=O) groups excluding carboxylic acids is 1. The number of halogens is 2. The number of oxime groups is 1. The van der Waals surface area contributed by atoms with Crippen molar-refractivity contribution in [2.45, 2.75) is 19.9 Å². The average molecular weight is 257 g/mol. The van der Waals surface area contributed by atoms with Crippen molar-refractivity contribution in [2.75, 3.05) is 0 Å². The lowest BCUT2D eigenvalue weighted by Crippen LogP contribution is -2.42. The Morgan fingerprint density at radius 1 is 1.44 bits per heavy atom. The predicted molar refractivity (Wildman–Crippen MR) is 61.4 cm³/mol. The number of aryl methyl sites for hydroxylation is 1. The van der Waals surface area contributed by atoms with Crippen molar-refractivity contribution in [3.8, 4) is 0 Å². The summed E-state index contributed by atoms with van der Waals surface area (Å²) in [5.74, 6) is -2.69. The lowest BCUT2D eigenvalue weighted by molar-refractivity contribution is 0.0944. The molecule has 1 atom stereocenters. The zero-order chi connectivity index (χ0) is 13.9. The molecule has 0 spiro atoms. The number of nitrogens with one attached hydrogen (secondary N) is 1. The summed E-state index contributed by atoms with van der Waals surface area (Å²) in [5, 5.41) is 13.4. The fraction of sp³-hybridized carbons (Fsp3) is 0.273. The molecule has 0 aliphatic carbocycles. The van der Waals surface area contributed by atoms with Crippen LogP contribution < -0.4 is 11.1 Å². The minimum Gasteiger partial charge on any atom is -0.409 e. The minimum absolute atomic E-state index is 0.151. The van der Waals surface area contributed by atoms with Crippen molar-refractivity contribution in [3.05, 3.63) is 34.9 Å². The monoisotopic (exact) mass is 257 g/mol. The first-order valence-electron chi connectivity index (χ1n) is 5.10. The summed E-state index contributed by atoms with van der Waals surface area (Å²) < 4.78 is 26.4. The quantitative estimate of drug-likeness (QED) is 0.328. The van der Waals surface area contributed by atoms with Gasteiger partial charge in [0.2, 0.25) is 0 Å². The molecule has 0 fully saturated rings. The van der Waals surface area contributed by atoms with Crippen molar-refractivity contribution in [1.29, 1.82) is 0 Å². The Hall–Kier alpha value is -2.18. The third kappa shape index (κ3) is 2.93. The van der Waals surface area contributed by atoms with Gasteiger partial charge in [0.25, 0.3) is 5.91 Å². The Kier molecular flexibility index (Phi) is 4.19. The highest BCUT2D eigenvalue weighted by Gasteiger charge is 2.17. The van der Waals surface area contributed by atoms with E-state index in [1.165, 1.54) is 13.8 Å². The van der Waals surface area contributed by atoms with Gasteiger partial charge in [0.1, 0.15) is 11.6 Å². The van der Waals surface area contributed by atoms with Crippen LogP contribution in [0.4, 0.5) is 8.78 Å². The largest absolute Gasteiger partial charge is 0.409 e. The summed E-state index contributed by atoms with van der Waals surface area (Å²) in [6.07, 6.45) is 0. The molecule has 0 aliphatic rings. The van der Waals surface area contributed by atoms with Crippen LogP contribution in [0.5, 0.6) is 0 Å². The topological polar surface area (TPSA) is 87.7 Å². The minimum atomic E-state index is -0.970. The highest BCUT2D eigenvalue weighted by atomic mass is 19.1. The molecule has 0 aliphatic heterocycles. The average Bonchev–Trinajstić information content (AvgIpc) is 2.32. The van der Waals surface area contributed by atoms with Crippen molar-refractivity contribution in [1.82, 2.24) is 5.32 Å². The Labute approximate surface area is 102 Å². The van der Waals surface area contributed by atoms with Crippen molar-refractivity contribution < 1.29 is 18.8 Å². The maximum Gasteiger partial charge on any atom is 0.254 e. The highest BCUT2D eigenvalue weighted by molar-refractivity contribution is 5.98. The summed E-state index contributed by atoms with van der Waals surface area (Å²) in [4.78, 5) is 11.7. The van der Waals surface area contributed by atoms with Crippen molar-refractivity contribution in [2.24, 2.45) is 10.9 Å². The third-order valence-electron chi connectivity index (χ3n) is 2.40. The van der Waals surface area contributed by atoms with Gasteiger partial charge < -0.3 is 16.3 Å². The maximum atomic E-state index is 13.4. The smallest absolute Gasteiger partial charge is 0.254 e. The number of hydrogen-bond donors (Lipinski definition) is 3. The van der Waals surface area contributed by atoms with Crippen LogP contribution in [0.1, 0.15) is 22.8 Å². The number of hydrogen-bond acceptors (Lipinski definition) is 3. The Morgan fingerprint density at radius 3 is 2.61 bits per heavy atom. The van der Waals surface area contributed by atoms with E-state index in [4.69, 9.17) is 10.9 Å².